The summed E-state index contributed by atoms with van der Waals surface area (Å²) in [4.78, 5) is 0. The number of nitrogens with zero attached hydrogens (tertiary/aromatic N) is 1. The third-order valence-electron chi connectivity index (χ3n) is 3.85. The molecule has 1 unspecified atom stereocenters. The summed E-state index contributed by atoms with van der Waals surface area (Å²) < 4.78 is 2.30. The molecule has 2 aromatic rings. The van der Waals surface area contributed by atoms with Crippen molar-refractivity contribution in [3.05, 3.63) is 53.1 Å². The van der Waals surface area contributed by atoms with E-state index in [1.54, 1.807) is 6.07 Å². The zero-order chi connectivity index (χ0) is 18.8. The standard InChI is InChI=1S/C19H24NOP.2ClH.Ti/c1-5-20(6-2)13-16-9-7-8-15(4)19(16)22-18-12-14(3)10-11-17(18)21;;;/h7-13,22H,5-6H2,1-4H3;2*1H;/q;;;+2/p-1. The maximum atomic E-state index is 10.1. The molecule has 0 aromatic heterocycles. The predicted octanol–water partition coefficient (Wildman–Crippen LogP) is 4.49. The zero-order valence-electron chi connectivity index (χ0n) is 15.1. The van der Waals surface area contributed by atoms with Crippen LogP contribution in [0, 0.1) is 13.8 Å². The van der Waals surface area contributed by atoms with Crippen molar-refractivity contribution in [3.63, 3.8) is 0 Å². The van der Waals surface area contributed by atoms with Gasteiger partial charge in [0.15, 0.2) is 6.21 Å². The molecule has 2 nitrogen and oxygen atoms in total. The molecule has 0 aliphatic carbocycles. The molecule has 6 heteroatoms. The second-order valence-electron chi connectivity index (χ2n) is 5.61. The molecule has 0 amide bonds. The van der Waals surface area contributed by atoms with Crippen LogP contribution >= 0.6 is 27.2 Å². The van der Waals surface area contributed by atoms with Crippen molar-refractivity contribution in [2.75, 3.05) is 13.1 Å². The van der Waals surface area contributed by atoms with Gasteiger partial charge in [0.25, 0.3) is 0 Å². The van der Waals surface area contributed by atoms with E-state index >= 15 is 0 Å². The van der Waals surface area contributed by atoms with Gasteiger partial charge in [0, 0.05) is 10.9 Å². The van der Waals surface area contributed by atoms with Gasteiger partial charge in [-0.2, -0.15) is 0 Å². The molecule has 0 heterocycles. The first kappa shape index (κ1) is 22.7. The Balaban J connectivity index is 0.000000970. The van der Waals surface area contributed by atoms with Crippen LogP contribution < -0.4 is 10.6 Å². The van der Waals surface area contributed by atoms with Crippen molar-refractivity contribution in [2.24, 2.45) is 0 Å². The first-order valence-electron chi connectivity index (χ1n) is 8.18. The van der Waals surface area contributed by atoms with E-state index < -0.39 is 17.0 Å². The molecule has 0 saturated heterocycles. The van der Waals surface area contributed by atoms with Crippen LogP contribution in [0.25, 0.3) is 0 Å². The third kappa shape index (κ3) is 7.41. The van der Waals surface area contributed by atoms with Crippen LogP contribution in [0.2, 0.25) is 0 Å². The van der Waals surface area contributed by atoms with Gasteiger partial charge in [-0.25, -0.2) is 4.58 Å². The van der Waals surface area contributed by atoms with Gasteiger partial charge in [0.1, 0.15) is 18.8 Å². The van der Waals surface area contributed by atoms with Crippen molar-refractivity contribution in [1.29, 1.82) is 0 Å². The van der Waals surface area contributed by atoms with Gasteiger partial charge in [-0.3, -0.25) is 0 Å². The molecular weight excluding hydrogens is 408 g/mol. The Morgan fingerprint density at radius 3 is 2.36 bits per heavy atom. The number of phenols is 1. The van der Waals surface area contributed by atoms with Crippen LogP contribution in [-0.2, 0) is 17.0 Å². The first-order chi connectivity index (χ1) is 12.0. The van der Waals surface area contributed by atoms with E-state index in [-0.39, 0.29) is 0 Å². The van der Waals surface area contributed by atoms with Crippen LogP contribution in [0.15, 0.2) is 36.4 Å². The van der Waals surface area contributed by atoms with Gasteiger partial charge in [-0.15, -0.1) is 0 Å². The van der Waals surface area contributed by atoms with Crippen molar-refractivity contribution in [1.82, 2.24) is 0 Å². The summed E-state index contributed by atoms with van der Waals surface area (Å²) in [6.07, 6.45) is 2.24. The SMILES string of the molecule is CC[N+](=Cc1cccc(C)c1Pc1cc(C)ccc1O)CC.[Cl][Ti][Cl]. The first-order valence-corrected chi connectivity index (χ1v) is 13.5. The van der Waals surface area contributed by atoms with Crippen LogP contribution in [0.4, 0.5) is 0 Å². The fourth-order valence-corrected chi connectivity index (χ4v) is 3.81. The van der Waals surface area contributed by atoms with Crippen molar-refractivity contribution >= 4 is 44.0 Å². The average Bonchev–Trinajstić information content (AvgIpc) is 2.59. The number of hydrogen-bond donors (Lipinski definition) is 1. The molecule has 0 radical (unpaired) electrons. The minimum absolute atomic E-state index is 0.390. The van der Waals surface area contributed by atoms with Crippen LogP contribution in [0.1, 0.15) is 30.5 Å². The molecule has 0 spiro atoms. The summed E-state index contributed by atoms with van der Waals surface area (Å²) in [6, 6.07) is 12.2. The average molecular weight is 433 g/mol. The zero-order valence-corrected chi connectivity index (χ0v) is 19.2. The Kier molecular flexibility index (Phi) is 11.0. The summed E-state index contributed by atoms with van der Waals surface area (Å²) in [5, 5.41) is 12.5. The number of phenolic OH excluding ortho intramolecular Hbond substituents is 1. The molecule has 2 aromatic carbocycles. The van der Waals surface area contributed by atoms with E-state index in [1.807, 2.05) is 6.07 Å². The molecule has 1 atom stereocenters. The number of aromatic hydroxyl groups is 1. The van der Waals surface area contributed by atoms with Gasteiger partial charge in [-0.05, 0) is 56.8 Å². The molecule has 2 rings (SSSR count). The number of benzene rings is 2. The number of hydrogen-bond acceptors (Lipinski definition) is 1. The summed E-state index contributed by atoms with van der Waals surface area (Å²) in [5.41, 5.74) is 3.71. The number of halogens is 2. The Labute approximate surface area is 169 Å². The second kappa shape index (κ2) is 12.1. The van der Waals surface area contributed by atoms with Gasteiger partial charge in [-0.1, -0.05) is 32.3 Å². The Bertz CT molecular complexity index is 717. The third-order valence-corrected chi connectivity index (χ3v) is 5.45. The minimum atomic E-state index is -0.556. The topological polar surface area (TPSA) is 23.2 Å². The molecule has 0 bridgehead atoms. The van der Waals surface area contributed by atoms with E-state index in [0.29, 0.717) is 14.3 Å². The van der Waals surface area contributed by atoms with Crippen LogP contribution in [0.3, 0.4) is 0 Å². The van der Waals surface area contributed by atoms with E-state index in [2.05, 4.69) is 62.8 Å². The van der Waals surface area contributed by atoms with E-state index in [0.717, 1.165) is 18.4 Å². The summed E-state index contributed by atoms with van der Waals surface area (Å²) in [7, 11) is 10.2. The fourth-order valence-electron chi connectivity index (χ4n) is 2.46. The molecule has 0 saturated carbocycles. The van der Waals surface area contributed by atoms with Gasteiger partial charge >= 0.3 is 35.6 Å². The summed E-state index contributed by atoms with van der Waals surface area (Å²) in [6.45, 7) is 10.6. The van der Waals surface area contributed by atoms with Crippen molar-refractivity contribution in [2.45, 2.75) is 27.7 Å². The number of aryl methyl sites for hydroxylation is 2. The number of rotatable bonds is 5. The van der Waals surface area contributed by atoms with Crippen LogP contribution in [-0.4, -0.2) is 29.0 Å². The van der Waals surface area contributed by atoms with E-state index in [1.165, 1.54) is 22.0 Å². The Morgan fingerprint density at radius 1 is 1.12 bits per heavy atom. The molecule has 0 aliphatic heterocycles. The predicted molar refractivity (Wildman–Crippen MR) is 110 cm³/mol. The van der Waals surface area contributed by atoms with E-state index in [9.17, 15) is 5.11 Å². The molecule has 0 fully saturated rings. The van der Waals surface area contributed by atoms with E-state index in [4.69, 9.17) is 18.6 Å². The normalized spacial score (nSPS) is 10.3. The Hall–Kier alpha value is -0.366. The summed E-state index contributed by atoms with van der Waals surface area (Å²) >= 11 is -0.556. The molecular formula is C19H25Cl2NOPTi+. The maximum absolute atomic E-state index is 10.1. The molecule has 0 aliphatic rings. The van der Waals surface area contributed by atoms with Crippen molar-refractivity contribution in [3.8, 4) is 5.75 Å². The van der Waals surface area contributed by atoms with Gasteiger partial charge in [0.2, 0.25) is 0 Å². The second-order valence-corrected chi connectivity index (χ2v) is 9.47. The summed E-state index contributed by atoms with van der Waals surface area (Å²) in [5.74, 6) is 0.390. The van der Waals surface area contributed by atoms with Crippen LogP contribution in [0.5, 0.6) is 5.75 Å². The van der Waals surface area contributed by atoms with Gasteiger partial charge < -0.3 is 5.11 Å². The molecule has 1 N–H and O–H groups in total. The fraction of sp³-hybridized carbons (Fsp3) is 0.316. The van der Waals surface area contributed by atoms with Crippen molar-refractivity contribution < 1.29 is 26.7 Å². The molecule has 25 heavy (non-hydrogen) atoms. The monoisotopic (exact) mass is 432 g/mol. The molecule has 134 valence electrons. The quantitative estimate of drug-likeness (QED) is 0.320. The Morgan fingerprint density at radius 2 is 1.76 bits per heavy atom. The van der Waals surface area contributed by atoms with Gasteiger partial charge in [0.05, 0.1) is 0 Å².